The largest absolute Gasteiger partial charge is 0.462 e. The predicted molar refractivity (Wildman–Crippen MR) is 231 cm³/mol. The van der Waals surface area contributed by atoms with E-state index in [9.17, 15) is 33.6 Å². The van der Waals surface area contributed by atoms with E-state index in [0.29, 0.717) is 5.57 Å². The molecule has 10 atom stereocenters. The van der Waals surface area contributed by atoms with Gasteiger partial charge < -0.3 is 42.6 Å². The summed E-state index contributed by atoms with van der Waals surface area (Å²) in [5.41, 5.74) is -5.73. The zero-order chi connectivity index (χ0) is 47.9. The van der Waals surface area contributed by atoms with Crippen LogP contribution < -0.4 is 0 Å². The molecule has 0 aromatic rings. The van der Waals surface area contributed by atoms with E-state index in [4.69, 9.17) is 42.6 Å². The molecular weight excluding hydrogens is 923 g/mol. The van der Waals surface area contributed by atoms with Crippen molar-refractivity contribution < 1.29 is 76.2 Å². The molecule has 3 aliphatic rings. The molecule has 2 heterocycles. The Kier molecular flexibility index (Phi) is 16.3. The van der Waals surface area contributed by atoms with E-state index in [1.807, 2.05) is 22.6 Å². The zero-order valence-electron chi connectivity index (χ0n) is 39.7. The summed E-state index contributed by atoms with van der Waals surface area (Å²) in [6.45, 7) is 28.6. The number of ether oxygens (including phenoxy) is 9. The van der Waals surface area contributed by atoms with Crippen molar-refractivity contribution >= 4 is 64.4 Å². The Bertz CT molecular complexity index is 1740. The Morgan fingerprint density at radius 2 is 0.952 bits per heavy atom. The zero-order valence-corrected chi connectivity index (χ0v) is 41.8. The van der Waals surface area contributed by atoms with E-state index in [1.54, 1.807) is 131 Å². The lowest BCUT2D eigenvalue weighted by Crippen LogP contribution is -2.65. The maximum atomic E-state index is 13.8. The van der Waals surface area contributed by atoms with Gasteiger partial charge in [-0.3, -0.25) is 33.6 Å². The molecule has 1 aliphatic carbocycles. The number of cyclic esters (lactones) is 1. The van der Waals surface area contributed by atoms with Crippen LogP contribution in [0.2, 0.25) is 0 Å². The second-order valence-electron chi connectivity index (χ2n) is 22.4. The molecule has 16 nitrogen and oxygen atoms in total. The maximum absolute atomic E-state index is 13.8. The highest BCUT2D eigenvalue weighted by Crippen LogP contribution is 2.48. The smallest absolute Gasteiger partial charge is 0.321 e. The van der Waals surface area contributed by atoms with Crippen molar-refractivity contribution in [1.82, 2.24) is 0 Å². The lowest BCUT2D eigenvalue weighted by atomic mass is 9.84. The SMILES string of the molecule is CC(C)(C)C(=O)OCC1=C[C@H](OC(=O)C(C)(C)C)[C@H]2[C@@H]1[C@H](O[C@@H]1O[C@H](COC(=O)C(C)(C)C)[C@@H](OC(=O)C(C)(C)C)[C@H](OC(=O)C(C)(C)C)[C@H]1OC(=O)C(C)(C)C)OC(=O)[C@@H]2I. The van der Waals surface area contributed by atoms with Gasteiger partial charge in [0.15, 0.2) is 18.3 Å². The fourth-order valence-corrected chi connectivity index (χ4v) is 6.97. The van der Waals surface area contributed by atoms with Gasteiger partial charge in [-0.15, -0.1) is 0 Å². The van der Waals surface area contributed by atoms with Gasteiger partial charge in [-0.05, 0) is 136 Å². The summed E-state index contributed by atoms with van der Waals surface area (Å²) in [4.78, 5) is 94.6. The van der Waals surface area contributed by atoms with E-state index in [1.165, 1.54) is 0 Å². The molecule has 352 valence electrons. The first-order valence-electron chi connectivity index (χ1n) is 20.9. The van der Waals surface area contributed by atoms with Crippen molar-refractivity contribution in [2.45, 2.75) is 172 Å². The molecule has 0 radical (unpaired) electrons. The van der Waals surface area contributed by atoms with Crippen LogP contribution in [-0.2, 0) is 76.2 Å². The third-order valence-electron chi connectivity index (χ3n) is 9.94. The van der Waals surface area contributed by atoms with Gasteiger partial charge in [-0.1, -0.05) is 22.6 Å². The number of carbonyl (C=O) groups excluding carboxylic acids is 7. The lowest BCUT2D eigenvalue weighted by Gasteiger charge is -2.47. The van der Waals surface area contributed by atoms with Crippen molar-refractivity contribution in [1.29, 1.82) is 0 Å². The quantitative estimate of drug-likeness (QED) is 0.0744. The molecule has 2 fully saturated rings. The number of carbonyl (C=O) groups is 7. The van der Waals surface area contributed by atoms with Crippen molar-refractivity contribution in [3.63, 3.8) is 0 Å². The first-order valence-corrected chi connectivity index (χ1v) is 22.1. The predicted octanol–water partition coefficient (Wildman–Crippen LogP) is 6.60. The maximum Gasteiger partial charge on any atom is 0.321 e. The number of halogens is 1. The van der Waals surface area contributed by atoms with Gasteiger partial charge >= 0.3 is 41.8 Å². The van der Waals surface area contributed by atoms with Gasteiger partial charge in [0.1, 0.15) is 29.3 Å². The summed E-state index contributed by atoms with van der Waals surface area (Å²) in [5, 5.41) is 0. The van der Waals surface area contributed by atoms with Crippen LogP contribution in [0.3, 0.4) is 0 Å². The summed E-state index contributed by atoms with van der Waals surface area (Å²) in [5.74, 6) is -6.51. The number of alkyl halides is 1. The standard InChI is InChI=1S/C45H69IO16/c1-40(2,3)34(48)54-20-22-19-23(57-36(50)42(7,8)9)26-25(22)32(61-31(47)27(26)46)62-33-30(60-39(53)45(16,17)18)29(59-38(52)44(13,14)15)28(58-37(51)43(10,11)12)24(56-33)21-55-35(49)41(4,5)6/h19,23-30,32-33H,20-21H2,1-18H3/t23-,24+,25+,26-,27+,28+,29-,30+,32-,33-/m0/s1. The Balaban J connectivity index is 2.28. The molecule has 3 rings (SSSR count). The van der Waals surface area contributed by atoms with Crippen LogP contribution in [0, 0.1) is 44.3 Å². The molecule has 0 bridgehead atoms. The summed E-state index contributed by atoms with van der Waals surface area (Å²) < 4.78 is 53.9. The van der Waals surface area contributed by atoms with Gasteiger partial charge in [-0.25, -0.2) is 0 Å². The highest BCUT2D eigenvalue weighted by atomic mass is 127. The van der Waals surface area contributed by atoms with Gasteiger partial charge in [0.05, 0.1) is 38.4 Å². The summed E-state index contributed by atoms with van der Waals surface area (Å²) in [7, 11) is 0. The Labute approximate surface area is 380 Å². The summed E-state index contributed by atoms with van der Waals surface area (Å²) >= 11 is 1.91. The minimum Gasteiger partial charge on any atom is -0.462 e. The minimum absolute atomic E-state index is 0.294. The highest BCUT2D eigenvalue weighted by molar-refractivity contribution is 14.1. The van der Waals surface area contributed by atoms with Gasteiger partial charge in [0.25, 0.3) is 0 Å². The van der Waals surface area contributed by atoms with E-state index < -0.39 is 140 Å². The second-order valence-corrected chi connectivity index (χ2v) is 23.7. The molecule has 0 spiro atoms. The number of fused-ring (bicyclic) bond motifs is 1. The fraction of sp³-hybridized carbons (Fsp3) is 0.800. The van der Waals surface area contributed by atoms with Crippen LogP contribution in [0.15, 0.2) is 11.6 Å². The van der Waals surface area contributed by atoms with E-state index >= 15 is 0 Å². The first kappa shape index (κ1) is 53.0. The lowest BCUT2D eigenvalue weighted by molar-refractivity contribution is -0.347. The van der Waals surface area contributed by atoms with Crippen molar-refractivity contribution in [3.8, 4) is 0 Å². The van der Waals surface area contributed by atoms with Gasteiger partial charge in [0.2, 0.25) is 12.6 Å². The van der Waals surface area contributed by atoms with Crippen LogP contribution in [-0.4, -0.2) is 102 Å². The minimum atomic E-state index is -1.76. The van der Waals surface area contributed by atoms with E-state index in [-0.39, 0.29) is 6.61 Å². The van der Waals surface area contributed by atoms with Crippen molar-refractivity contribution in [2.75, 3.05) is 13.2 Å². The average molecular weight is 993 g/mol. The van der Waals surface area contributed by atoms with Gasteiger partial charge in [0, 0.05) is 5.92 Å². The molecule has 2 aliphatic heterocycles. The molecule has 0 aromatic heterocycles. The first-order chi connectivity index (χ1) is 27.8. The number of hydrogen-bond donors (Lipinski definition) is 0. The van der Waals surface area contributed by atoms with Crippen LogP contribution >= 0.6 is 22.6 Å². The van der Waals surface area contributed by atoms with Crippen LogP contribution in [0.25, 0.3) is 0 Å². The van der Waals surface area contributed by atoms with Crippen molar-refractivity contribution in [3.05, 3.63) is 11.6 Å². The number of hydrogen-bond acceptors (Lipinski definition) is 16. The number of esters is 7. The monoisotopic (exact) mass is 992 g/mol. The Hall–Kier alpha value is -3.32. The third-order valence-corrected chi connectivity index (χ3v) is 11.3. The topological polar surface area (TPSA) is 203 Å². The Morgan fingerprint density at radius 1 is 0.548 bits per heavy atom. The van der Waals surface area contributed by atoms with E-state index in [0.717, 1.165) is 0 Å². The third kappa shape index (κ3) is 13.4. The van der Waals surface area contributed by atoms with Crippen LogP contribution in [0.1, 0.15) is 125 Å². The van der Waals surface area contributed by atoms with Gasteiger partial charge in [-0.2, -0.15) is 0 Å². The molecule has 17 heteroatoms. The summed E-state index contributed by atoms with van der Waals surface area (Å²) in [6.07, 6.45) is -9.03. The average Bonchev–Trinajstić information content (AvgIpc) is 3.45. The number of rotatable bonds is 10. The second kappa shape index (κ2) is 19.0. The van der Waals surface area contributed by atoms with Crippen LogP contribution in [0.4, 0.5) is 0 Å². The molecule has 0 N–H and O–H groups in total. The molecule has 0 amide bonds. The molecule has 0 aromatic carbocycles. The van der Waals surface area contributed by atoms with Crippen LogP contribution in [0.5, 0.6) is 0 Å². The Morgan fingerprint density at radius 3 is 1.40 bits per heavy atom. The molecular formula is C45H69IO16. The van der Waals surface area contributed by atoms with Crippen molar-refractivity contribution in [2.24, 2.45) is 44.3 Å². The molecule has 0 saturated carbocycles. The highest BCUT2D eigenvalue weighted by Gasteiger charge is 2.60. The summed E-state index contributed by atoms with van der Waals surface area (Å²) in [6, 6.07) is 0. The molecule has 0 unspecified atom stereocenters. The van der Waals surface area contributed by atoms with E-state index in [2.05, 4.69) is 0 Å². The normalized spacial score (nSPS) is 28.4. The molecule has 62 heavy (non-hydrogen) atoms. The molecule has 2 saturated heterocycles. The fourth-order valence-electron chi connectivity index (χ4n) is 5.97.